The molecule has 1 N–H and O–H groups in total. The summed E-state index contributed by atoms with van der Waals surface area (Å²) in [7, 11) is 1.77. The van der Waals surface area contributed by atoms with E-state index in [2.05, 4.69) is 10.2 Å². The maximum Gasteiger partial charge on any atom is 0.220 e. The lowest BCUT2D eigenvalue weighted by atomic mass is 9.83. The van der Waals surface area contributed by atoms with Gasteiger partial charge < -0.3 is 15.0 Å². The van der Waals surface area contributed by atoms with Gasteiger partial charge in [-0.05, 0) is 120 Å². The van der Waals surface area contributed by atoms with Crippen LogP contribution in [0.15, 0.2) is 24.3 Å². The summed E-state index contributed by atoms with van der Waals surface area (Å²) in [4.78, 5) is 27.6. The first-order valence-electron chi connectivity index (χ1n) is 13.3. The van der Waals surface area contributed by atoms with Crippen LogP contribution in [0, 0.1) is 23.6 Å². The lowest BCUT2D eigenvalue weighted by Crippen LogP contribution is -2.39. The van der Waals surface area contributed by atoms with Gasteiger partial charge in [-0.15, -0.1) is 0 Å². The molecule has 188 valence electrons. The number of ether oxygens (including phenoxy) is 1. The Morgan fingerprint density at radius 3 is 2.29 bits per heavy atom. The molecule has 1 unspecified atom stereocenters. The van der Waals surface area contributed by atoms with Gasteiger partial charge in [0.1, 0.15) is 5.82 Å². The number of nitrogens with zero attached hydrogens (tertiary/aromatic N) is 1. The first-order valence-corrected chi connectivity index (χ1v) is 13.3. The number of Topliss-reactive ketones (excluding diaryl/α,β-unsaturated/α-hetero) is 1. The number of nitrogens with one attached hydrogen (secondary N) is 1. The third-order valence-corrected chi connectivity index (χ3v) is 8.45. The van der Waals surface area contributed by atoms with Crippen LogP contribution in [0.3, 0.4) is 0 Å². The molecule has 6 heteroatoms. The van der Waals surface area contributed by atoms with E-state index in [1.165, 1.54) is 31.4 Å². The van der Waals surface area contributed by atoms with Crippen molar-refractivity contribution in [1.29, 1.82) is 0 Å². The van der Waals surface area contributed by atoms with Gasteiger partial charge in [0.05, 0.1) is 6.10 Å². The molecule has 0 aromatic heterocycles. The van der Waals surface area contributed by atoms with E-state index in [1.54, 1.807) is 19.2 Å². The van der Waals surface area contributed by atoms with Gasteiger partial charge in [0, 0.05) is 31.1 Å². The van der Waals surface area contributed by atoms with Gasteiger partial charge in [0.25, 0.3) is 0 Å². The summed E-state index contributed by atoms with van der Waals surface area (Å²) in [6.45, 7) is 3.03. The Hall–Kier alpha value is -1.79. The summed E-state index contributed by atoms with van der Waals surface area (Å²) in [5.41, 5.74) is 0.631. The lowest BCUT2D eigenvalue weighted by Gasteiger charge is -2.34. The van der Waals surface area contributed by atoms with Crippen molar-refractivity contribution < 1.29 is 18.7 Å². The molecule has 2 saturated carbocycles. The zero-order chi connectivity index (χ0) is 23.9. The molecule has 0 radical (unpaired) electrons. The van der Waals surface area contributed by atoms with Crippen LogP contribution in [0.4, 0.5) is 4.39 Å². The Balaban J connectivity index is 1.09. The van der Waals surface area contributed by atoms with Crippen molar-refractivity contribution in [1.82, 2.24) is 10.2 Å². The number of likely N-dealkylation sites (tertiary alicyclic amines) is 1. The first kappa shape index (κ1) is 25.3. The molecular formula is C28H41FN2O3. The van der Waals surface area contributed by atoms with Crippen molar-refractivity contribution >= 4 is 11.7 Å². The number of hydrogen-bond acceptors (Lipinski definition) is 4. The molecule has 1 aliphatic heterocycles. The monoisotopic (exact) mass is 472 g/mol. The van der Waals surface area contributed by atoms with E-state index >= 15 is 0 Å². The number of carbonyl (C=O) groups is 2. The van der Waals surface area contributed by atoms with Crippen molar-refractivity contribution in [2.75, 3.05) is 26.7 Å². The zero-order valence-corrected chi connectivity index (χ0v) is 20.6. The third-order valence-electron chi connectivity index (χ3n) is 8.45. The molecule has 5 nitrogen and oxygen atoms in total. The Labute approximate surface area is 203 Å². The van der Waals surface area contributed by atoms with Gasteiger partial charge >= 0.3 is 0 Å². The Morgan fingerprint density at radius 2 is 1.65 bits per heavy atom. The molecule has 4 rings (SSSR count). The maximum atomic E-state index is 13.1. The first-order chi connectivity index (χ1) is 16.5. The van der Waals surface area contributed by atoms with E-state index in [4.69, 9.17) is 4.74 Å². The average Bonchev–Trinajstić information content (AvgIpc) is 3.31. The van der Waals surface area contributed by atoms with E-state index in [0.29, 0.717) is 30.0 Å². The van der Waals surface area contributed by atoms with E-state index in [1.807, 2.05) is 0 Å². The quantitative estimate of drug-likeness (QED) is 0.515. The van der Waals surface area contributed by atoms with Crippen LogP contribution >= 0.6 is 0 Å². The Bertz CT molecular complexity index is 798. The fourth-order valence-electron chi connectivity index (χ4n) is 6.21. The minimum atomic E-state index is -0.299. The molecule has 1 aromatic rings. The molecule has 0 bridgehead atoms. The van der Waals surface area contributed by atoms with Crippen LogP contribution < -0.4 is 5.32 Å². The lowest BCUT2D eigenvalue weighted by molar-refractivity contribution is -0.123. The Morgan fingerprint density at radius 1 is 0.971 bits per heavy atom. The van der Waals surface area contributed by atoms with Crippen LogP contribution in [-0.4, -0.2) is 55.5 Å². The number of methoxy groups -OCH3 is 1. The molecule has 2 aliphatic carbocycles. The molecule has 1 saturated heterocycles. The summed E-state index contributed by atoms with van der Waals surface area (Å²) in [5, 5.41) is 3.29. The van der Waals surface area contributed by atoms with Gasteiger partial charge in [-0.1, -0.05) is 0 Å². The van der Waals surface area contributed by atoms with E-state index in [0.717, 1.165) is 70.5 Å². The van der Waals surface area contributed by atoms with Crippen LogP contribution in [-0.2, 0) is 9.53 Å². The second-order valence-corrected chi connectivity index (χ2v) is 10.8. The maximum absolute atomic E-state index is 13.1. The van der Waals surface area contributed by atoms with Crippen LogP contribution in [0.5, 0.6) is 0 Å². The molecular weight excluding hydrogens is 431 g/mol. The molecule has 3 aliphatic rings. The molecule has 1 heterocycles. The van der Waals surface area contributed by atoms with Gasteiger partial charge in [0.2, 0.25) is 5.91 Å². The number of hydrogen-bond donors (Lipinski definition) is 1. The SMILES string of the molecule is CO[C@H]1CCC(CC(=O)NC2CCC(CCN3CCC(C(=O)c4ccc(F)cc4)CC3)CC2)C1. The van der Waals surface area contributed by atoms with Crippen molar-refractivity contribution in [3.05, 3.63) is 35.6 Å². The van der Waals surface area contributed by atoms with Crippen molar-refractivity contribution in [3.8, 4) is 0 Å². The van der Waals surface area contributed by atoms with Crippen molar-refractivity contribution in [2.24, 2.45) is 17.8 Å². The third kappa shape index (κ3) is 7.11. The summed E-state index contributed by atoms with van der Waals surface area (Å²) >= 11 is 0. The second kappa shape index (κ2) is 12.3. The van der Waals surface area contributed by atoms with Crippen LogP contribution in [0.1, 0.15) is 81.0 Å². The molecule has 1 aromatic carbocycles. The summed E-state index contributed by atoms with van der Waals surface area (Å²) in [5.74, 6) is 1.37. The summed E-state index contributed by atoms with van der Waals surface area (Å²) < 4.78 is 18.5. The van der Waals surface area contributed by atoms with E-state index in [-0.39, 0.29) is 23.4 Å². The number of rotatable bonds is 9. The number of benzene rings is 1. The fraction of sp³-hybridized carbons (Fsp3) is 0.714. The molecule has 2 atom stereocenters. The largest absolute Gasteiger partial charge is 0.381 e. The van der Waals surface area contributed by atoms with Crippen molar-refractivity contribution in [2.45, 2.75) is 82.8 Å². The molecule has 1 amide bonds. The second-order valence-electron chi connectivity index (χ2n) is 10.8. The fourth-order valence-corrected chi connectivity index (χ4v) is 6.21. The highest BCUT2D eigenvalue weighted by molar-refractivity contribution is 5.97. The van der Waals surface area contributed by atoms with Gasteiger partial charge in [0.15, 0.2) is 5.78 Å². The Kier molecular flexibility index (Phi) is 9.12. The topological polar surface area (TPSA) is 58.6 Å². The van der Waals surface area contributed by atoms with Crippen LogP contribution in [0.25, 0.3) is 0 Å². The smallest absolute Gasteiger partial charge is 0.220 e. The average molecular weight is 473 g/mol. The van der Waals surface area contributed by atoms with E-state index < -0.39 is 0 Å². The normalized spacial score (nSPS) is 28.6. The van der Waals surface area contributed by atoms with Gasteiger partial charge in [-0.3, -0.25) is 9.59 Å². The zero-order valence-electron chi connectivity index (χ0n) is 20.6. The van der Waals surface area contributed by atoms with E-state index in [9.17, 15) is 14.0 Å². The predicted octanol–water partition coefficient (Wildman–Crippen LogP) is 4.99. The number of piperidine rings is 1. The standard InChI is InChI=1S/C28H41FN2O3/c1-34-26-11-4-21(18-26)19-27(32)30-25-9-2-20(3-10-25)12-15-31-16-13-23(14-17-31)28(33)22-5-7-24(29)8-6-22/h5-8,20-21,23,25-26H,2-4,9-19H2,1H3,(H,30,32)/t20?,21?,25?,26-/m0/s1. The molecule has 0 spiro atoms. The number of amides is 1. The highest BCUT2D eigenvalue weighted by Crippen LogP contribution is 2.31. The molecule has 3 fully saturated rings. The molecule has 34 heavy (non-hydrogen) atoms. The highest BCUT2D eigenvalue weighted by Gasteiger charge is 2.29. The summed E-state index contributed by atoms with van der Waals surface area (Å²) in [6, 6.07) is 6.30. The van der Waals surface area contributed by atoms with Crippen LogP contribution in [0.2, 0.25) is 0 Å². The minimum Gasteiger partial charge on any atom is -0.381 e. The van der Waals surface area contributed by atoms with Gasteiger partial charge in [-0.2, -0.15) is 0 Å². The van der Waals surface area contributed by atoms with Crippen molar-refractivity contribution in [3.63, 3.8) is 0 Å². The summed E-state index contributed by atoms with van der Waals surface area (Å²) in [6.07, 6.45) is 11.8. The highest BCUT2D eigenvalue weighted by atomic mass is 19.1. The van der Waals surface area contributed by atoms with Gasteiger partial charge in [-0.25, -0.2) is 4.39 Å². The number of halogens is 1. The number of carbonyl (C=O) groups excluding carboxylic acids is 2. The number of ketones is 1. The predicted molar refractivity (Wildman–Crippen MR) is 131 cm³/mol. The minimum absolute atomic E-state index is 0.0605.